The summed E-state index contributed by atoms with van der Waals surface area (Å²) in [6.45, 7) is 26.8. The summed E-state index contributed by atoms with van der Waals surface area (Å²) in [6.07, 6.45) is 1.87. The fourth-order valence-electron chi connectivity index (χ4n) is 10.1. The molecule has 9 rings (SSSR count). The van der Waals surface area contributed by atoms with Crippen LogP contribution in [0.1, 0.15) is 103 Å². The zero-order chi connectivity index (χ0) is 44.6. The number of pyridine rings is 1. The Morgan fingerprint density at radius 3 is 1.89 bits per heavy atom. The molecule has 0 radical (unpaired) electrons. The molecule has 5 nitrogen and oxygen atoms in total. The number of hydrogen-bond donors (Lipinski definition) is 0. The largest absolute Gasteiger partial charge is 2.00 e. The van der Waals surface area contributed by atoms with Gasteiger partial charge in [0.2, 0.25) is 0 Å². The molecule has 0 bridgehead atoms. The SMILES string of the molecule is Cc1cc(Oc2[c-]c(C3=N[C@](C)(C(c4ccccc4)c4ccccc4)C(C)(C)N3c3c(C)cc(C)cc3C)c(C)cc2C)[c-]c(-n2c3ccc(C(C)(C)C)cc3c3cccnc32)c1.[Pt+2]. The van der Waals surface area contributed by atoms with Crippen molar-refractivity contribution in [1.29, 1.82) is 0 Å². The van der Waals surface area contributed by atoms with E-state index in [2.05, 4.69) is 220 Å². The number of anilines is 1. The summed E-state index contributed by atoms with van der Waals surface area (Å²) in [7, 11) is 0. The van der Waals surface area contributed by atoms with Crippen LogP contribution in [-0.2, 0) is 26.5 Å². The number of amidine groups is 1. The molecule has 0 spiro atoms. The van der Waals surface area contributed by atoms with E-state index in [1.54, 1.807) is 0 Å². The molecule has 2 aromatic heterocycles. The molecule has 6 aromatic carbocycles. The van der Waals surface area contributed by atoms with E-state index in [1.165, 1.54) is 44.5 Å². The van der Waals surface area contributed by atoms with Gasteiger partial charge in [-0.05, 0) is 99.0 Å². The molecule has 8 aromatic rings. The topological polar surface area (TPSA) is 42.6 Å². The number of hydrogen-bond acceptors (Lipinski definition) is 4. The van der Waals surface area contributed by atoms with Crippen molar-refractivity contribution < 1.29 is 25.8 Å². The average Bonchev–Trinajstić information content (AvgIpc) is 3.66. The summed E-state index contributed by atoms with van der Waals surface area (Å²) < 4.78 is 9.16. The Balaban J connectivity index is 0.00000560. The number of rotatable bonds is 8. The van der Waals surface area contributed by atoms with E-state index in [4.69, 9.17) is 14.7 Å². The monoisotopic (exact) mass is 1020 g/mol. The molecule has 0 saturated carbocycles. The molecule has 1 aliphatic rings. The van der Waals surface area contributed by atoms with Crippen LogP contribution in [0.4, 0.5) is 5.69 Å². The third-order valence-electron chi connectivity index (χ3n) is 13.5. The second-order valence-electron chi connectivity index (χ2n) is 19.5. The van der Waals surface area contributed by atoms with Crippen molar-refractivity contribution in [1.82, 2.24) is 9.55 Å². The summed E-state index contributed by atoms with van der Waals surface area (Å²) in [4.78, 5) is 13.4. The van der Waals surface area contributed by atoms with Crippen LogP contribution in [0, 0.1) is 53.7 Å². The second-order valence-corrected chi connectivity index (χ2v) is 19.5. The first kappa shape index (κ1) is 44.8. The van der Waals surface area contributed by atoms with E-state index in [0.717, 1.165) is 50.3 Å². The first-order valence-electron chi connectivity index (χ1n) is 22.2. The van der Waals surface area contributed by atoms with Gasteiger partial charge in [0.25, 0.3) is 0 Å². The molecule has 0 unspecified atom stereocenters. The van der Waals surface area contributed by atoms with E-state index in [1.807, 2.05) is 12.3 Å². The van der Waals surface area contributed by atoms with Crippen LogP contribution in [0.5, 0.6) is 11.5 Å². The van der Waals surface area contributed by atoms with Crippen molar-refractivity contribution >= 4 is 33.5 Å². The van der Waals surface area contributed by atoms with Crippen LogP contribution in [-0.4, -0.2) is 26.5 Å². The van der Waals surface area contributed by atoms with Gasteiger partial charge in [0.05, 0.1) is 22.4 Å². The fraction of sp³-hybridized carbons (Fsp3) is 0.276. The first-order chi connectivity index (χ1) is 30.0. The number of aliphatic imine (C=N–C) groups is 1. The smallest absolute Gasteiger partial charge is 0.503 e. The van der Waals surface area contributed by atoms with Gasteiger partial charge in [-0.1, -0.05) is 143 Å². The molecule has 64 heavy (non-hydrogen) atoms. The first-order valence-corrected chi connectivity index (χ1v) is 22.2. The van der Waals surface area contributed by atoms with Gasteiger partial charge in [-0.3, -0.25) is 0 Å². The zero-order valence-electron chi connectivity index (χ0n) is 39.2. The Hall–Kier alpha value is -5.77. The quantitative estimate of drug-likeness (QED) is 0.142. The van der Waals surface area contributed by atoms with Crippen molar-refractivity contribution in [3.05, 3.63) is 195 Å². The molecule has 0 aliphatic carbocycles. The summed E-state index contributed by atoms with van der Waals surface area (Å²) in [5.74, 6) is 2.10. The number of aryl methyl sites for hydroxylation is 6. The normalized spacial score (nSPS) is 16.1. The molecular weight excluding hydrogens is 964 g/mol. The van der Waals surface area contributed by atoms with Gasteiger partial charge in [-0.15, -0.1) is 35.4 Å². The van der Waals surface area contributed by atoms with Crippen LogP contribution in [0.3, 0.4) is 0 Å². The Morgan fingerprint density at radius 2 is 1.27 bits per heavy atom. The summed E-state index contributed by atoms with van der Waals surface area (Å²) >= 11 is 0. The van der Waals surface area contributed by atoms with E-state index in [9.17, 15) is 0 Å². The zero-order valence-corrected chi connectivity index (χ0v) is 41.5. The molecule has 3 heterocycles. The number of aromatic nitrogens is 2. The van der Waals surface area contributed by atoms with Crippen LogP contribution in [0.15, 0.2) is 133 Å². The molecule has 0 saturated heterocycles. The molecule has 0 N–H and O–H groups in total. The average molecular weight is 1020 g/mol. The van der Waals surface area contributed by atoms with E-state index in [0.29, 0.717) is 11.5 Å². The van der Waals surface area contributed by atoms with E-state index < -0.39 is 11.1 Å². The van der Waals surface area contributed by atoms with Gasteiger partial charge < -0.3 is 19.2 Å². The number of nitrogens with zero attached hydrogens (tertiary/aromatic N) is 4. The van der Waals surface area contributed by atoms with Crippen molar-refractivity contribution in [3.63, 3.8) is 0 Å². The predicted octanol–water partition coefficient (Wildman–Crippen LogP) is 14.4. The minimum absolute atomic E-state index is 0. The van der Waals surface area contributed by atoms with Crippen molar-refractivity contribution in [3.8, 4) is 17.2 Å². The van der Waals surface area contributed by atoms with Crippen LogP contribution >= 0.6 is 0 Å². The van der Waals surface area contributed by atoms with Crippen LogP contribution in [0.2, 0.25) is 0 Å². The van der Waals surface area contributed by atoms with Crippen LogP contribution < -0.4 is 9.64 Å². The molecule has 6 heteroatoms. The molecule has 326 valence electrons. The van der Waals surface area contributed by atoms with E-state index in [-0.39, 0.29) is 32.4 Å². The number of ether oxygens (including phenoxy) is 1. The molecule has 0 fully saturated rings. The van der Waals surface area contributed by atoms with Gasteiger partial charge >= 0.3 is 21.1 Å². The molecule has 0 amide bonds. The number of benzene rings is 6. The van der Waals surface area contributed by atoms with Gasteiger partial charge in [-0.2, -0.15) is 5.56 Å². The maximum absolute atomic E-state index is 6.95. The summed E-state index contributed by atoms with van der Waals surface area (Å²) in [6, 6.07) is 51.2. The predicted molar refractivity (Wildman–Crippen MR) is 263 cm³/mol. The maximum atomic E-state index is 6.95. The van der Waals surface area contributed by atoms with Gasteiger partial charge in [0.15, 0.2) is 0 Å². The number of fused-ring (bicyclic) bond motifs is 3. The third kappa shape index (κ3) is 7.60. The fourth-order valence-corrected chi connectivity index (χ4v) is 10.1. The van der Waals surface area contributed by atoms with Gasteiger partial charge in [0, 0.05) is 40.1 Å². The standard InChI is InChI=1S/C58H58N4O.Pt/c1-36-28-40(5)53(41(6)29-36)62-55(60-58(12,57(62,10)11)52(42-20-15-13-16-21-42)43-22-17-14-18-23-43)48-35-51(39(4)32-38(48)3)63-46-31-37(2)30-45(34-46)61-50-26-25-44(56(7,8)9)33-49(50)47-24-19-27-59-54(47)61;/h13-33,52H,1-12H3;/q-2;+2/t58-;/m1./s1. The Bertz CT molecular complexity index is 3020. The van der Waals surface area contributed by atoms with Crippen molar-refractivity contribution in [2.24, 2.45) is 4.99 Å². The van der Waals surface area contributed by atoms with Gasteiger partial charge in [0.1, 0.15) is 5.65 Å². The van der Waals surface area contributed by atoms with Crippen LogP contribution in [0.25, 0.3) is 27.6 Å². The second kappa shape index (κ2) is 16.7. The van der Waals surface area contributed by atoms with Gasteiger partial charge in [-0.25, -0.2) is 4.98 Å². The minimum Gasteiger partial charge on any atom is -0.503 e. The molecule has 1 atom stereocenters. The molecule has 1 aliphatic heterocycles. The third-order valence-corrected chi connectivity index (χ3v) is 13.5. The Morgan fingerprint density at radius 1 is 0.641 bits per heavy atom. The van der Waals surface area contributed by atoms with Crippen molar-refractivity contribution in [2.75, 3.05) is 4.90 Å². The minimum atomic E-state index is -0.621. The summed E-state index contributed by atoms with van der Waals surface area (Å²) in [5, 5.41) is 2.29. The van der Waals surface area contributed by atoms with Crippen molar-refractivity contribution in [2.45, 2.75) is 105 Å². The maximum Gasteiger partial charge on any atom is 2.00 e. The molecular formula is C58H58N4OPt. The summed E-state index contributed by atoms with van der Waals surface area (Å²) in [5.41, 5.74) is 14.4. The Labute approximate surface area is 394 Å². The Kier molecular flexibility index (Phi) is 11.7. The van der Waals surface area contributed by atoms with E-state index >= 15 is 0 Å².